The van der Waals surface area contributed by atoms with Gasteiger partial charge in [0.25, 0.3) is 0 Å². The summed E-state index contributed by atoms with van der Waals surface area (Å²) in [5, 5.41) is 0.541. The number of benzene rings is 2. The molecule has 32 heavy (non-hydrogen) atoms. The Hall–Kier alpha value is -2.15. The van der Waals surface area contributed by atoms with Crippen molar-refractivity contribution >= 4 is 35.0 Å². The lowest BCUT2D eigenvalue weighted by Gasteiger charge is -2.27. The van der Waals surface area contributed by atoms with Crippen LogP contribution in [-0.4, -0.2) is 38.1 Å². The van der Waals surface area contributed by atoms with Gasteiger partial charge in [-0.05, 0) is 40.3 Å². The van der Waals surface area contributed by atoms with Gasteiger partial charge in [-0.15, -0.1) is 0 Å². The second kappa shape index (κ2) is 9.38. The molecular formula is C24H25Cl2FN2O3. The Morgan fingerprint density at radius 2 is 1.69 bits per heavy atom. The zero-order valence-corrected chi connectivity index (χ0v) is 19.9. The van der Waals surface area contributed by atoms with Crippen LogP contribution >= 0.6 is 23.2 Å². The fraction of sp³-hybridized carbons (Fsp3) is 0.417. The number of aliphatic imine (C=N–C) groups is 2. The van der Waals surface area contributed by atoms with Crippen LogP contribution in [0.5, 0.6) is 0 Å². The van der Waals surface area contributed by atoms with Crippen LogP contribution in [-0.2, 0) is 33.8 Å². The number of halogens is 3. The normalized spacial score (nSPS) is 20.1. The van der Waals surface area contributed by atoms with Crippen LogP contribution in [0.1, 0.15) is 30.5 Å². The summed E-state index contributed by atoms with van der Waals surface area (Å²) in [4.78, 5) is 9.57. The molecule has 0 N–H and O–H groups in total. The first kappa shape index (κ1) is 23.0. The van der Waals surface area contributed by atoms with Gasteiger partial charge >= 0.3 is 0 Å². The molecule has 0 fully saturated rings. The lowest BCUT2D eigenvalue weighted by Crippen LogP contribution is -2.38. The van der Waals surface area contributed by atoms with E-state index >= 15 is 0 Å². The first-order valence-corrected chi connectivity index (χ1v) is 11.2. The number of nitrogens with zero attached hydrogens (tertiary/aromatic N) is 2. The molecule has 0 saturated heterocycles. The Kier molecular flexibility index (Phi) is 6.75. The average molecular weight is 479 g/mol. The van der Waals surface area contributed by atoms with E-state index < -0.39 is 5.82 Å². The summed E-state index contributed by atoms with van der Waals surface area (Å²) in [7, 11) is 3.24. The number of hydrogen-bond donors (Lipinski definition) is 0. The van der Waals surface area contributed by atoms with Gasteiger partial charge in [-0.1, -0.05) is 49.2 Å². The first-order valence-electron chi connectivity index (χ1n) is 10.4. The Bertz CT molecular complexity index is 1080. The highest BCUT2D eigenvalue weighted by Crippen LogP contribution is 2.41. The van der Waals surface area contributed by atoms with Crippen LogP contribution in [0.25, 0.3) is 11.1 Å². The van der Waals surface area contributed by atoms with Gasteiger partial charge in [-0.2, -0.15) is 0 Å². The van der Waals surface area contributed by atoms with Gasteiger partial charge in [0.15, 0.2) is 0 Å². The summed E-state index contributed by atoms with van der Waals surface area (Å²) in [6.45, 7) is 5.05. The topological polar surface area (TPSA) is 52.4 Å². The number of rotatable bonds is 4. The fourth-order valence-corrected chi connectivity index (χ4v) is 4.93. The molecule has 0 unspecified atom stereocenters. The van der Waals surface area contributed by atoms with Gasteiger partial charge < -0.3 is 14.2 Å². The third kappa shape index (κ3) is 4.24. The van der Waals surface area contributed by atoms with Gasteiger partial charge in [0.05, 0.1) is 37.5 Å². The monoisotopic (exact) mass is 478 g/mol. The second-order valence-corrected chi connectivity index (χ2v) is 9.03. The van der Waals surface area contributed by atoms with Crippen molar-refractivity contribution in [3.05, 3.63) is 56.8 Å². The van der Waals surface area contributed by atoms with Gasteiger partial charge in [0.2, 0.25) is 11.8 Å². The van der Waals surface area contributed by atoms with E-state index in [0.29, 0.717) is 37.0 Å². The van der Waals surface area contributed by atoms with Crippen LogP contribution in [0.3, 0.4) is 0 Å². The molecule has 0 bridgehead atoms. The van der Waals surface area contributed by atoms with E-state index in [4.69, 9.17) is 47.4 Å². The molecule has 5 nitrogen and oxygen atoms in total. The van der Waals surface area contributed by atoms with E-state index in [0.717, 1.165) is 22.3 Å². The lowest BCUT2D eigenvalue weighted by atomic mass is 9.90. The molecule has 0 amide bonds. The predicted molar refractivity (Wildman–Crippen MR) is 125 cm³/mol. The van der Waals surface area contributed by atoms with Crippen LogP contribution in [0.15, 0.2) is 34.3 Å². The molecule has 2 aliphatic rings. The van der Waals surface area contributed by atoms with E-state index in [1.807, 2.05) is 12.1 Å². The molecule has 0 saturated carbocycles. The highest BCUT2D eigenvalue weighted by molar-refractivity contribution is 6.39. The quantitative estimate of drug-likeness (QED) is 0.551. The van der Waals surface area contributed by atoms with Crippen molar-refractivity contribution in [2.45, 2.75) is 45.6 Å². The fourth-order valence-electron chi connectivity index (χ4n) is 4.27. The Balaban J connectivity index is 1.72. The third-order valence-corrected chi connectivity index (χ3v) is 6.44. The predicted octanol–water partition coefficient (Wildman–Crippen LogP) is 5.87. The van der Waals surface area contributed by atoms with Crippen molar-refractivity contribution in [1.29, 1.82) is 0 Å². The minimum absolute atomic E-state index is 0.162. The lowest BCUT2D eigenvalue weighted by molar-refractivity contribution is 0.134. The van der Waals surface area contributed by atoms with E-state index in [1.165, 1.54) is 12.1 Å². The van der Waals surface area contributed by atoms with E-state index in [9.17, 15) is 4.39 Å². The van der Waals surface area contributed by atoms with Crippen LogP contribution in [0.2, 0.25) is 10.0 Å². The van der Waals surface area contributed by atoms with Crippen LogP contribution in [0, 0.1) is 11.7 Å². The summed E-state index contributed by atoms with van der Waals surface area (Å²) < 4.78 is 30.6. The number of methoxy groups -OCH3 is 2. The molecule has 2 aromatic carbocycles. The van der Waals surface area contributed by atoms with Gasteiger partial charge in [-0.3, -0.25) is 0 Å². The molecule has 4 rings (SSSR count). The minimum atomic E-state index is -0.469. The van der Waals surface area contributed by atoms with Crippen molar-refractivity contribution in [3.8, 4) is 11.1 Å². The second-order valence-electron chi connectivity index (χ2n) is 8.22. The van der Waals surface area contributed by atoms with Crippen molar-refractivity contribution < 1.29 is 18.6 Å². The highest BCUT2D eigenvalue weighted by Gasteiger charge is 2.32. The van der Waals surface area contributed by atoms with Crippen molar-refractivity contribution in [1.82, 2.24) is 0 Å². The first-order chi connectivity index (χ1) is 15.3. The van der Waals surface area contributed by atoms with Gasteiger partial charge in [-0.25, -0.2) is 14.4 Å². The molecule has 2 heterocycles. The van der Waals surface area contributed by atoms with Crippen molar-refractivity contribution in [3.63, 3.8) is 0 Å². The SMILES string of the molecule is COC1=N[C@H](C(C)C)C(OC)=N[C@H]1Cc1ccc(-c2c(Cl)cc(F)cc2Cl)c2c1COC2. The average Bonchev–Trinajstić information content (AvgIpc) is 3.24. The molecular weight excluding hydrogens is 454 g/mol. The Labute approximate surface area is 197 Å². The maximum absolute atomic E-state index is 13.7. The maximum atomic E-state index is 13.7. The molecule has 170 valence electrons. The molecule has 2 atom stereocenters. The molecule has 0 aliphatic carbocycles. The molecule has 2 aliphatic heterocycles. The van der Waals surface area contributed by atoms with Crippen molar-refractivity contribution in [2.75, 3.05) is 14.2 Å². The standard InChI is InChI=1S/C24H25Cl2FN2O3/c1-12(2)22-24(31-4)28-20(23(29-22)30-3)7-13-5-6-15(17-11-32-10-16(13)17)21-18(25)8-14(27)9-19(21)26/h5-6,8-9,12,20,22H,7,10-11H2,1-4H3/t20-,22+/m0/s1. The Morgan fingerprint density at radius 1 is 1.03 bits per heavy atom. The third-order valence-electron chi connectivity index (χ3n) is 5.85. The molecule has 0 aromatic heterocycles. The number of ether oxygens (including phenoxy) is 3. The highest BCUT2D eigenvalue weighted by atomic mass is 35.5. The molecule has 2 aromatic rings. The van der Waals surface area contributed by atoms with Crippen LogP contribution < -0.4 is 0 Å². The summed E-state index contributed by atoms with van der Waals surface area (Å²) in [5.41, 5.74) is 4.60. The summed E-state index contributed by atoms with van der Waals surface area (Å²) in [5.74, 6) is 0.969. The Morgan fingerprint density at radius 3 is 2.31 bits per heavy atom. The van der Waals surface area contributed by atoms with Gasteiger partial charge in [0, 0.05) is 12.0 Å². The molecule has 0 radical (unpaired) electrons. The molecule has 0 spiro atoms. The van der Waals surface area contributed by atoms with E-state index in [2.05, 4.69) is 13.8 Å². The summed E-state index contributed by atoms with van der Waals surface area (Å²) >= 11 is 12.7. The van der Waals surface area contributed by atoms with E-state index in [-0.39, 0.29) is 28.0 Å². The number of fused-ring (bicyclic) bond motifs is 1. The van der Waals surface area contributed by atoms with Crippen LogP contribution in [0.4, 0.5) is 4.39 Å². The molecule has 8 heteroatoms. The number of hydrogen-bond acceptors (Lipinski definition) is 5. The minimum Gasteiger partial charge on any atom is -0.483 e. The zero-order chi connectivity index (χ0) is 23.0. The maximum Gasteiger partial charge on any atom is 0.209 e. The van der Waals surface area contributed by atoms with Gasteiger partial charge in [0.1, 0.15) is 17.9 Å². The summed E-state index contributed by atoms with van der Waals surface area (Å²) in [6, 6.07) is 6.06. The van der Waals surface area contributed by atoms with Crippen molar-refractivity contribution in [2.24, 2.45) is 15.9 Å². The smallest absolute Gasteiger partial charge is 0.209 e. The summed E-state index contributed by atoms with van der Waals surface area (Å²) in [6.07, 6.45) is 0.585. The largest absolute Gasteiger partial charge is 0.483 e. The zero-order valence-electron chi connectivity index (χ0n) is 18.4. The van der Waals surface area contributed by atoms with E-state index in [1.54, 1.807) is 14.2 Å².